The van der Waals surface area contributed by atoms with Crippen molar-refractivity contribution < 1.29 is 29.0 Å². The second-order valence-electron chi connectivity index (χ2n) is 4.58. The largest absolute Gasteiger partial charge is 0.479 e. The Morgan fingerprint density at radius 3 is 2.60 bits per heavy atom. The van der Waals surface area contributed by atoms with E-state index >= 15 is 0 Å². The molecule has 106 valence electrons. The van der Waals surface area contributed by atoms with Crippen LogP contribution in [0.1, 0.15) is 17.3 Å². The van der Waals surface area contributed by atoms with Gasteiger partial charge in [-0.25, -0.2) is 9.18 Å². The lowest BCUT2D eigenvalue weighted by Gasteiger charge is -2.25. The quantitative estimate of drug-likeness (QED) is 0.795. The summed E-state index contributed by atoms with van der Waals surface area (Å²) in [7, 11) is 0. The van der Waals surface area contributed by atoms with E-state index in [1.54, 1.807) is 0 Å². The summed E-state index contributed by atoms with van der Waals surface area (Å²) in [6, 6.07) is 2.10. The van der Waals surface area contributed by atoms with E-state index in [9.17, 15) is 23.9 Å². The number of nitrogens with zero attached hydrogens (tertiary/aromatic N) is 1. The van der Waals surface area contributed by atoms with Gasteiger partial charge in [0.25, 0.3) is 11.7 Å². The summed E-state index contributed by atoms with van der Waals surface area (Å²) >= 11 is 2.90. The van der Waals surface area contributed by atoms with Crippen LogP contribution in [0.15, 0.2) is 16.6 Å². The number of carbonyl (C=O) groups is 3. The van der Waals surface area contributed by atoms with Gasteiger partial charge in [-0.1, -0.05) is 0 Å². The molecule has 1 aromatic carbocycles. The molecular weight excluding hydrogens is 337 g/mol. The second-order valence-corrected chi connectivity index (χ2v) is 5.44. The van der Waals surface area contributed by atoms with Crippen molar-refractivity contribution in [2.24, 2.45) is 0 Å². The Balaban J connectivity index is 2.48. The zero-order chi connectivity index (χ0) is 15.2. The predicted molar refractivity (Wildman–Crippen MR) is 69.0 cm³/mol. The van der Waals surface area contributed by atoms with Crippen LogP contribution < -0.4 is 4.90 Å². The van der Waals surface area contributed by atoms with Crippen LogP contribution in [-0.2, 0) is 9.59 Å². The van der Waals surface area contributed by atoms with Gasteiger partial charge < -0.3 is 15.1 Å². The van der Waals surface area contributed by atoms with Crippen molar-refractivity contribution in [2.75, 3.05) is 11.4 Å². The van der Waals surface area contributed by atoms with Crippen molar-refractivity contribution in [2.45, 2.75) is 12.5 Å². The maximum Gasteiger partial charge on any atom is 0.337 e. The number of amides is 1. The minimum atomic E-state index is -2.25. The summed E-state index contributed by atoms with van der Waals surface area (Å²) in [6.45, 7) is 0.335. The first-order valence-electron chi connectivity index (χ1n) is 5.46. The van der Waals surface area contributed by atoms with E-state index in [1.807, 2.05) is 0 Å². The molecule has 2 rings (SSSR count). The minimum absolute atomic E-state index is 0.0178. The van der Waals surface area contributed by atoms with Gasteiger partial charge in [0.1, 0.15) is 5.82 Å². The van der Waals surface area contributed by atoms with Gasteiger partial charge in [0, 0.05) is 0 Å². The van der Waals surface area contributed by atoms with E-state index in [4.69, 9.17) is 5.11 Å². The molecular formula is C12H9BrFNO5. The number of β-amino-alcohol motifs (C(OH)–C–C–N with tert-alkyl or cyclic N) is 1. The SMILES string of the molecule is CC(O)(CN1C(=O)C(=O)c2cc(Br)c(F)cc21)C(=O)O. The Labute approximate surface area is 120 Å². The van der Waals surface area contributed by atoms with Crippen molar-refractivity contribution in [3.05, 3.63) is 28.0 Å². The highest BCUT2D eigenvalue weighted by molar-refractivity contribution is 9.10. The highest BCUT2D eigenvalue weighted by Crippen LogP contribution is 2.34. The Hall–Kier alpha value is -1.80. The van der Waals surface area contributed by atoms with Crippen molar-refractivity contribution in [1.82, 2.24) is 0 Å². The number of fused-ring (bicyclic) bond motifs is 1. The predicted octanol–water partition coefficient (Wildman–Crippen LogP) is 0.953. The van der Waals surface area contributed by atoms with E-state index in [0.717, 1.165) is 24.0 Å². The van der Waals surface area contributed by atoms with Gasteiger partial charge in [-0.05, 0) is 35.0 Å². The average molecular weight is 346 g/mol. The molecule has 2 N–H and O–H groups in total. The highest BCUT2D eigenvalue weighted by Gasteiger charge is 2.42. The van der Waals surface area contributed by atoms with E-state index in [-0.39, 0.29) is 15.7 Å². The number of carbonyl (C=O) groups excluding carboxylic acids is 2. The molecule has 0 radical (unpaired) electrons. The fourth-order valence-electron chi connectivity index (χ4n) is 1.82. The Bertz CT molecular complexity index is 643. The normalized spacial score (nSPS) is 17.1. The molecule has 1 aliphatic heterocycles. The Kier molecular flexibility index (Phi) is 3.39. The standard InChI is InChI=1S/C12H9BrFNO5/c1-12(20,11(18)19)4-15-8-3-7(14)6(13)2-5(8)9(16)10(15)17/h2-3,20H,4H2,1H3,(H,18,19). The lowest BCUT2D eigenvalue weighted by Crippen LogP contribution is -2.48. The van der Waals surface area contributed by atoms with Gasteiger partial charge in [0.15, 0.2) is 5.60 Å². The van der Waals surface area contributed by atoms with Crippen molar-refractivity contribution in [1.29, 1.82) is 0 Å². The van der Waals surface area contributed by atoms with Gasteiger partial charge in [-0.15, -0.1) is 0 Å². The fraction of sp³-hybridized carbons (Fsp3) is 0.250. The van der Waals surface area contributed by atoms with E-state index in [1.165, 1.54) is 0 Å². The van der Waals surface area contributed by atoms with Gasteiger partial charge in [0.2, 0.25) is 0 Å². The number of aliphatic hydroxyl groups is 1. The summed E-state index contributed by atoms with van der Waals surface area (Å²) in [5, 5.41) is 18.5. The molecule has 1 amide bonds. The third-order valence-electron chi connectivity index (χ3n) is 2.94. The lowest BCUT2D eigenvalue weighted by atomic mass is 10.1. The van der Waals surface area contributed by atoms with E-state index in [0.29, 0.717) is 0 Å². The maximum atomic E-state index is 13.5. The van der Waals surface area contributed by atoms with Crippen molar-refractivity contribution >= 4 is 39.3 Å². The third kappa shape index (κ3) is 2.20. The summed E-state index contributed by atoms with van der Waals surface area (Å²) in [5.74, 6) is -4.13. The van der Waals surface area contributed by atoms with Gasteiger partial charge in [0.05, 0.1) is 22.3 Å². The number of hydrogen-bond acceptors (Lipinski definition) is 4. The smallest absolute Gasteiger partial charge is 0.337 e. The first-order chi connectivity index (χ1) is 9.15. The molecule has 0 aliphatic carbocycles. The molecule has 20 heavy (non-hydrogen) atoms. The number of hydrogen-bond donors (Lipinski definition) is 2. The van der Waals surface area contributed by atoms with Crippen LogP contribution in [-0.4, -0.2) is 40.0 Å². The molecule has 0 saturated carbocycles. The maximum absolute atomic E-state index is 13.5. The van der Waals surface area contributed by atoms with Crippen LogP contribution in [0.3, 0.4) is 0 Å². The molecule has 1 heterocycles. The molecule has 0 saturated heterocycles. The highest BCUT2D eigenvalue weighted by atomic mass is 79.9. The molecule has 6 nitrogen and oxygen atoms in total. The molecule has 0 bridgehead atoms. The number of ketones is 1. The van der Waals surface area contributed by atoms with Crippen LogP contribution in [0.25, 0.3) is 0 Å². The average Bonchev–Trinajstić information content (AvgIpc) is 2.55. The number of aliphatic carboxylic acids is 1. The number of benzene rings is 1. The summed E-state index contributed by atoms with van der Waals surface area (Å²) in [6.07, 6.45) is 0. The molecule has 0 spiro atoms. The summed E-state index contributed by atoms with van der Waals surface area (Å²) in [4.78, 5) is 35.2. The van der Waals surface area contributed by atoms with Gasteiger partial charge >= 0.3 is 5.97 Å². The lowest BCUT2D eigenvalue weighted by molar-refractivity contribution is -0.155. The number of rotatable bonds is 3. The van der Waals surface area contributed by atoms with Crippen molar-refractivity contribution in [3.63, 3.8) is 0 Å². The zero-order valence-corrected chi connectivity index (χ0v) is 11.8. The third-order valence-corrected chi connectivity index (χ3v) is 3.55. The number of anilines is 1. The second kappa shape index (κ2) is 4.64. The molecule has 1 atom stereocenters. The van der Waals surface area contributed by atoms with Crippen LogP contribution in [0.4, 0.5) is 10.1 Å². The Morgan fingerprint density at radius 1 is 1.45 bits per heavy atom. The summed E-state index contributed by atoms with van der Waals surface area (Å²) < 4.78 is 13.5. The van der Waals surface area contributed by atoms with Crippen LogP contribution >= 0.6 is 15.9 Å². The molecule has 0 fully saturated rings. The topological polar surface area (TPSA) is 94.9 Å². The number of carboxylic acid groups (broad SMARTS) is 1. The zero-order valence-electron chi connectivity index (χ0n) is 10.2. The number of Topliss-reactive ketones (excluding diaryl/α,β-unsaturated/α-hetero) is 1. The van der Waals surface area contributed by atoms with E-state index in [2.05, 4.69) is 15.9 Å². The molecule has 0 aromatic heterocycles. The van der Waals surface area contributed by atoms with Crippen molar-refractivity contribution in [3.8, 4) is 0 Å². The Morgan fingerprint density at radius 2 is 2.05 bits per heavy atom. The molecule has 1 aromatic rings. The fourth-order valence-corrected chi connectivity index (χ4v) is 2.16. The van der Waals surface area contributed by atoms with Crippen LogP contribution in [0.5, 0.6) is 0 Å². The first-order valence-corrected chi connectivity index (χ1v) is 6.25. The van der Waals surface area contributed by atoms with Gasteiger partial charge in [-0.3, -0.25) is 9.59 Å². The summed E-state index contributed by atoms with van der Waals surface area (Å²) in [5.41, 5.74) is -2.34. The molecule has 8 heteroatoms. The minimum Gasteiger partial charge on any atom is -0.479 e. The monoisotopic (exact) mass is 345 g/mol. The van der Waals surface area contributed by atoms with E-state index < -0.39 is 35.6 Å². The first kappa shape index (κ1) is 14.6. The molecule has 1 unspecified atom stereocenters. The molecule has 1 aliphatic rings. The number of carboxylic acids is 1. The van der Waals surface area contributed by atoms with Gasteiger partial charge in [-0.2, -0.15) is 0 Å². The van der Waals surface area contributed by atoms with Crippen LogP contribution in [0, 0.1) is 5.82 Å². The van der Waals surface area contributed by atoms with Crippen LogP contribution in [0.2, 0.25) is 0 Å². The number of halogens is 2.